The molecule has 0 spiro atoms. The first-order chi connectivity index (χ1) is 7.91. The van der Waals surface area contributed by atoms with Crippen LogP contribution in [0.15, 0.2) is 11.6 Å². The first kappa shape index (κ1) is 14.1. The summed E-state index contributed by atoms with van der Waals surface area (Å²) >= 11 is 0. The van der Waals surface area contributed by atoms with Crippen molar-refractivity contribution in [1.29, 1.82) is 0 Å². The van der Waals surface area contributed by atoms with Crippen molar-refractivity contribution >= 4 is 11.6 Å². The molecule has 0 fully saturated rings. The molecule has 0 aromatic heterocycles. The van der Waals surface area contributed by atoms with Gasteiger partial charge in [-0.3, -0.25) is 9.59 Å². The summed E-state index contributed by atoms with van der Waals surface area (Å²) in [6, 6.07) is 0. The lowest BCUT2D eigenvalue weighted by molar-refractivity contribution is -0.130. The number of rotatable bonds is 1. The summed E-state index contributed by atoms with van der Waals surface area (Å²) in [5.41, 5.74) is 1.15. The highest BCUT2D eigenvalue weighted by molar-refractivity contribution is 5.90. The minimum atomic E-state index is -0.0913. The molecule has 0 N–H and O–H groups in total. The Morgan fingerprint density at radius 2 is 1.88 bits per heavy atom. The molecule has 2 atom stereocenters. The van der Waals surface area contributed by atoms with E-state index >= 15 is 0 Å². The zero-order valence-corrected chi connectivity index (χ0v) is 11.5. The third kappa shape index (κ3) is 4.10. The third-order valence-corrected chi connectivity index (χ3v) is 3.73. The number of carbonyl (C=O) groups is 2. The van der Waals surface area contributed by atoms with Gasteiger partial charge in [0.2, 0.25) is 0 Å². The number of hydrogen-bond acceptors (Lipinski definition) is 2. The predicted molar refractivity (Wildman–Crippen MR) is 69.7 cm³/mol. The lowest BCUT2D eigenvalue weighted by Crippen LogP contribution is -2.26. The minimum Gasteiger partial charge on any atom is -0.299 e. The van der Waals surface area contributed by atoms with Gasteiger partial charge in [0.1, 0.15) is 11.6 Å². The lowest BCUT2D eigenvalue weighted by Gasteiger charge is -2.22. The largest absolute Gasteiger partial charge is 0.299 e. The van der Waals surface area contributed by atoms with Gasteiger partial charge in [-0.05, 0) is 25.7 Å². The van der Waals surface area contributed by atoms with E-state index in [1.165, 1.54) is 0 Å². The summed E-state index contributed by atoms with van der Waals surface area (Å²) in [5.74, 6) is 0.740. The van der Waals surface area contributed by atoms with Crippen LogP contribution in [0.3, 0.4) is 0 Å². The highest BCUT2D eigenvalue weighted by Crippen LogP contribution is 2.25. The van der Waals surface area contributed by atoms with E-state index in [0.717, 1.165) is 18.4 Å². The van der Waals surface area contributed by atoms with Crippen LogP contribution in [0.25, 0.3) is 0 Å². The Hall–Kier alpha value is -0.920. The fourth-order valence-corrected chi connectivity index (χ4v) is 2.36. The summed E-state index contributed by atoms with van der Waals surface area (Å²) < 4.78 is 0. The van der Waals surface area contributed by atoms with Gasteiger partial charge in [-0.1, -0.05) is 32.4 Å². The summed E-state index contributed by atoms with van der Waals surface area (Å²) in [5, 5.41) is 0. The van der Waals surface area contributed by atoms with E-state index in [1.54, 1.807) is 0 Å². The van der Waals surface area contributed by atoms with E-state index < -0.39 is 0 Å². The summed E-state index contributed by atoms with van der Waals surface area (Å²) in [6.07, 6.45) is 4.90. The van der Waals surface area contributed by atoms with E-state index in [1.807, 2.05) is 27.7 Å². The van der Waals surface area contributed by atoms with Crippen LogP contribution in [0.2, 0.25) is 0 Å². The van der Waals surface area contributed by atoms with Crippen molar-refractivity contribution in [2.45, 2.75) is 53.4 Å². The van der Waals surface area contributed by atoms with Gasteiger partial charge >= 0.3 is 0 Å². The molecule has 96 valence electrons. The molecule has 2 heteroatoms. The Bertz CT molecular complexity index is 326. The topological polar surface area (TPSA) is 34.1 Å². The van der Waals surface area contributed by atoms with Crippen LogP contribution in [0.5, 0.6) is 0 Å². The molecule has 0 saturated carbocycles. The van der Waals surface area contributed by atoms with Crippen molar-refractivity contribution in [2.24, 2.45) is 17.8 Å². The van der Waals surface area contributed by atoms with Crippen LogP contribution in [-0.2, 0) is 9.59 Å². The average molecular weight is 236 g/mol. The van der Waals surface area contributed by atoms with Crippen LogP contribution >= 0.6 is 0 Å². The summed E-state index contributed by atoms with van der Waals surface area (Å²) in [6.45, 7) is 8.06. The predicted octanol–water partition coefficient (Wildman–Crippen LogP) is 3.55. The maximum atomic E-state index is 12.1. The number of hydrogen-bond donors (Lipinski definition) is 0. The van der Waals surface area contributed by atoms with Crippen molar-refractivity contribution in [2.75, 3.05) is 0 Å². The zero-order chi connectivity index (χ0) is 13.0. The Morgan fingerprint density at radius 1 is 1.24 bits per heavy atom. The molecule has 1 rings (SSSR count). The smallest absolute Gasteiger partial charge is 0.140 e. The molecular formula is C15H24O2. The summed E-state index contributed by atoms with van der Waals surface area (Å²) in [4.78, 5) is 24.1. The van der Waals surface area contributed by atoms with Crippen molar-refractivity contribution in [3.63, 3.8) is 0 Å². The van der Waals surface area contributed by atoms with Crippen LogP contribution in [0.1, 0.15) is 53.4 Å². The first-order valence-electron chi connectivity index (χ1n) is 6.63. The van der Waals surface area contributed by atoms with E-state index in [2.05, 4.69) is 6.08 Å². The van der Waals surface area contributed by atoms with Crippen LogP contribution in [0, 0.1) is 17.8 Å². The van der Waals surface area contributed by atoms with E-state index in [-0.39, 0.29) is 29.3 Å². The van der Waals surface area contributed by atoms with Gasteiger partial charge in [-0.2, -0.15) is 0 Å². The quantitative estimate of drug-likeness (QED) is 0.652. The van der Waals surface area contributed by atoms with Gasteiger partial charge in [-0.25, -0.2) is 0 Å². The molecule has 0 amide bonds. The van der Waals surface area contributed by atoms with Gasteiger partial charge in [0.15, 0.2) is 0 Å². The second-order valence-electron chi connectivity index (χ2n) is 5.69. The fraction of sp³-hybridized carbons (Fsp3) is 0.733. The Kier molecular flexibility index (Phi) is 5.10. The lowest BCUT2D eigenvalue weighted by atomic mass is 9.81. The van der Waals surface area contributed by atoms with Crippen molar-refractivity contribution in [1.82, 2.24) is 0 Å². The highest BCUT2D eigenvalue weighted by atomic mass is 16.1. The van der Waals surface area contributed by atoms with Crippen molar-refractivity contribution in [3.05, 3.63) is 11.6 Å². The Balaban J connectivity index is 2.90. The molecule has 0 bridgehead atoms. The zero-order valence-electron chi connectivity index (χ0n) is 11.5. The van der Waals surface area contributed by atoms with Gasteiger partial charge in [0.05, 0.1) is 0 Å². The minimum absolute atomic E-state index is 0.0891. The fourth-order valence-electron chi connectivity index (χ4n) is 2.36. The monoisotopic (exact) mass is 236 g/mol. The van der Waals surface area contributed by atoms with Gasteiger partial charge in [-0.15, -0.1) is 0 Å². The molecule has 0 unspecified atom stereocenters. The maximum absolute atomic E-state index is 12.1. The molecule has 0 aliphatic heterocycles. The number of carbonyl (C=O) groups excluding carboxylic acids is 2. The Morgan fingerprint density at radius 3 is 2.47 bits per heavy atom. The molecule has 0 aromatic carbocycles. The van der Waals surface area contributed by atoms with Crippen LogP contribution < -0.4 is 0 Å². The van der Waals surface area contributed by atoms with Crippen LogP contribution in [0.4, 0.5) is 0 Å². The van der Waals surface area contributed by atoms with Gasteiger partial charge in [0, 0.05) is 24.7 Å². The maximum Gasteiger partial charge on any atom is 0.140 e. The molecular weight excluding hydrogens is 212 g/mol. The molecule has 0 aromatic rings. The van der Waals surface area contributed by atoms with Crippen molar-refractivity contribution < 1.29 is 9.59 Å². The van der Waals surface area contributed by atoms with Gasteiger partial charge < -0.3 is 0 Å². The standard InChI is InChI=1S/C15H24O2/c1-10(2)13-9-14(16)12(4)7-5-6-11(3)8-15(13)17/h6,10,12-13H,5,7-9H2,1-4H3/b11-6+/t12-,13+/m0/s1. The number of Topliss-reactive ketones (excluding diaryl/α,β-unsaturated/α-hetero) is 2. The molecule has 17 heavy (non-hydrogen) atoms. The number of allylic oxidation sites excluding steroid dienone is 2. The van der Waals surface area contributed by atoms with E-state index in [4.69, 9.17) is 0 Å². The summed E-state index contributed by atoms with van der Waals surface area (Å²) in [7, 11) is 0. The second kappa shape index (κ2) is 6.13. The van der Waals surface area contributed by atoms with Crippen LogP contribution in [-0.4, -0.2) is 11.6 Å². The SMILES string of the molecule is C/C1=C\CC[C@H](C)C(=O)C[C@H](C(C)C)C(=O)C1. The molecule has 1 aliphatic rings. The Labute approximate surface area is 104 Å². The second-order valence-corrected chi connectivity index (χ2v) is 5.69. The third-order valence-electron chi connectivity index (χ3n) is 3.73. The molecule has 0 heterocycles. The average Bonchev–Trinajstić information content (AvgIpc) is 2.23. The number of ketones is 2. The molecule has 2 nitrogen and oxygen atoms in total. The molecule has 1 aliphatic carbocycles. The molecule has 0 saturated heterocycles. The van der Waals surface area contributed by atoms with Crippen molar-refractivity contribution in [3.8, 4) is 0 Å². The first-order valence-corrected chi connectivity index (χ1v) is 6.63. The van der Waals surface area contributed by atoms with E-state index in [0.29, 0.717) is 12.8 Å². The molecule has 0 radical (unpaired) electrons. The highest BCUT2D eigenvalue weighted by Gasteiger charge is 2.27. The normalized spacial score (nSPS) is 31.2. The van der Waals surface area contributed by atoms with E-state index in [9.17, 15) is 9.59 Å². The van der Waals surface area contributed by atoms with Gasteiger partial charge in [0.25, 0.3) is 0 Å².